The Kier molecular flexibility index (Phi) is 8.47. The zero-order valence-electron chi connectivity index (χ0n) is 17.4. The molecule has 0 atom stereocenters. The largest absolute Gasteiger partial charge is 0.489 e. The van der Waals surface area contributed by atoms with Crippen LogP contribution >= 0.6 is 46.6 Å². The van der Waals surface area contributed by atoms with E-state index in [0.717, 1.165) is 40.0 Å². The SMILES string of the molecule is Clc1ccc(COc2ccc(Cl)cc2CNCCSc2nnnn2-c2ccccc2)c(Cl)c1. The fraction of sp³-hybridized carbons (Fsp3) is 0.174. The van der Waals surface area contributed by atoms with E-state index in [0.29, 0.717) is 28.2 Å². The van der Waals surface area contributed by atoms with Gasteiger partial charge in [-0.3, -0.25) is 0 Å². The molecule has 0 saturated heterocycles. The second-order valence-electron chi connectivity index (χ2n) is 7.01. The molecule has 4 aromatic rings. The van der Waals surface area contributed by atoms with Crippen LogP contribution in [-0.2, 0) is 13.2 Å². The van der Waals surface area contributed by atoms with Gasteiger partial charge in [-0.05, 0) is 52.9 Å². The highest BCUT2D eigenvalue weighted by Crippen LogP contribution is 2.26. The Balaban J connectivity index is 1.30. The summed E-state index contributed by atoms with van der Waals surface area (Å²) in [6.45, 7) is 1.69. The van der Waals surface area contributed by atoms with Crippen LogP contribution in [0.25, 0.3) is 5.69 Å². The van der Waals surface area contributed by atoms with Crippen LogP contribution in [0, 0.1) is 0 Å². The molecule has 0 spiro atoms. The number of nitrogens with zero attached hydrogens (tertiary/aromatic N) is 4. The first-order valence-corrected chi connectivity index (χ1v) is 12.2. The smallest absolute Gasteiger partial charge is 0.214 e. The van der Waals surface area contributed by atoms with E-state index < -0.39 is 0 Å². The summed E-state index contributed by atoms with van der Waals surface area (Å²) in [6, 6.07) is 20.7. The van der Waals surface area contributed by atoms with E-state index in [1.54, 1.807) is 28.6 Å². The molecule has 0 bridgehead atoms. The minimum atomic E-state index is 0.336. The Bertz CT molecular complexity index is 1210. The lowest BCUT2D eigenvalue weighted by Crippen LogP contribution is -2.17. The number of hydrogen-bond acceptors (Lipinski definition) is 6. The average molecular weight is 521 g/mol. The molecule has 1 N–H and O–H groups in total. The number of halogens is 3. The number of thioether (sulfide) groups is 1. The van der Waals surface area contributed by atoms with Gasteiger partial charge in [0.1, 0.15) is 12.4 Å². The first-order chi connectivity index (χ1) is 16.1. The van der Waals surface area contributed by atoms with Gasteiger partial charge in [-0.2, -0.15) is 4.68 Å². The van der Waals surface area contributed by atoms with Crippen LogP contribution < -0.4 is 10.1 Å². The number of benzene rings is 3. The second kappa shape index (κ2) is 11.7. The van der Waals surface area contributed by atoms with Crippen molar-refractivity contribution in [3.05, 3.63) is 92.9 Å². The second-order valence-corrected chi connectivity index (χ2v) is 9.35. The molecule has 170 valence electrons. The standard InChI is InChI=1S/C23H20Cl3N5OS/c24-18-8-9-22(32-15-16-6-7-19(25)13-21(16)26)17(12-18)14-27-10-11-33-23-28-29-30-31(23)20-4-2-1-3-5-20/h1-9,12-13,27H,10-11,14-15H2. The molecule has 33 heavy (non-hydrogen) atoms. The van der Waals surface area contributed by atoms with E-state index in [2.05, 4.69) is 20.8 Å². The van der Waals surface area contributed by atoms with Gasteiger partial charge in [0.25, 0.3) is 0 Å². The zero-order valence-corrected chi connectivity index (χ0v) is 20.5. The molecular weight excluding hydrogens is 501 g/mol. The fourth-order valence-electron chi connectivity index (χ4n) is 3.06. The van der Waals surface area contributed by atoms with Crippen molar-refractivity contribution in [3.63, 3.8) is 0 Å². The molecule has 0 unspecified atom stereocenters. The van der Waals surface area contributed by atoms with Gasteiger partial charge in [0.15, 0.2) is 0 Å². The monoisotopic (exact) mass is 519 g/mol. The Labute approximate surface area is 211 Å². The van der Waals surface area contributed by atoms with Crippen molar-refractivity contribution in [2.24, 2.45) is 0 Å². The molecule has 0 aliphatic carbocycles. The van der Waals surface area contributed by atoms with Crippen molar-refractivity contribution in [2.75, 3.05) is 12.3 Å². The Morgan fingerprint density at radius 1 is 0.909 bits per heavy atom. The maximum absolute atomic E-state index is 6.26. The maximum atomic E-state index is 6.26. The third-order valence-electron chi connectivity index (χ3n) is 4.69. The summed E-state index contributed by atoms with van der Waals surface area (Å²) in [4.78, 5) is 0. The molecule has 0 aliphatic heterocycles. The molecule has 0 saturated carbocycles. The van der Waals surface area contributed by atoms with Crippen molar-refractivity contribution in [1.29, 1.82) is 0 Å². The number of tetrazole rings is 1. The highest BCUT2D eigenvalue weighted by Gasteiger charge is 2.10. The quantitative estimate of drug-likeness (QED) is 0.202. The van der Waals surface area contributed by atoms with Gasteiger partial charge in [-0.15, -0.1) is 5.10 Å². The maximum Gasteiger partial charge on any atom is 0.214 e. The highest BCUT2D eigenvalue weighted by atomic mass is 35.5. The lowest BCUT2D eigenvalue weighted by Gasteiger charge is -2.14. The van der Waals surface area contributed by atoms with Gasteiger partial charge < -0.3 is 10.1 Å². The normalized spacial score (nSPS) is 11.0. The van der Waals surface area contributed by atoms with Crippen molar-refractivity contribution >= 4 is 46.6 Å². The molecule has 3 aromatic carbocycles. The van der Waals surface area contributed by atoms with E-state index in [1.807, 2.05) is 54.6 Å². The molecule has 0 amide bonds. The number of para-hydroxylation sites is 1. The van der Waals surface area contributed by atoms with Crippen LogP contribution in [0.3, 0.4) is 0 Å². The number of aromatic nitrogens is 4. The van der Waals surface area contributed by atoms with Gasteiger partial charge >= 0.3 is 0 Å². The van der Waals surface area contributed by atoms with Gasteiger partial charge in [0.2, 0.25) is 5.16 Å². The van der Waals surface area contributed by atoms with Crippen molar-refractivity contribution in [2.45, 2.75) is 18.3 Å². The van der Waals surface area contributed by atoms with Gasteiger partial charge in [0.05, 0.1) is 5.69 Å². The van der Waals surface area contributed by atoms with Gasteiger partial charge in [-0.1, -0.05) is 70.8 Å². The lowest BCUT2D eigenvalue weighted by atomic mass is 10.2. The number of ether oxygens (including phenoxy) is 1. The third-order valence-corrected chi connectivity index (χ3v) is 6.43. The predicted octanol–water partition coefficient (Wildman–Crippen LogP) is 6.08. The third kappa shape index (κ3) is 6.62. The van der Waals surface area contributed by atoms with Crippen LogP contribution in [0.2, 0.25) is 15.1 Å². The molecule has 6 nitrogen and oxygen atoms in total. The van der Waals surface area contributed by atoms with Gasteiger partial charge in [-0.25, -0.2) is 0 Å². The van der Waals surface area contributed by atoms with Crippen LogP contribution in [0.5, 0.6) is 5.75 Å². The Morgan fingerprint density at radius 2 is 1.70 bits per heavy atom. The first kappa shape index (κ1) is 23.9. The van der Waals surface area contributed by atoms with Crippen LogP contribution in [-0.4, -0.2) is 32.5 Å². The Hall–Kier alpha value is -2.29. The summed E-state index contributed by atoms with van der Waals surface area (Å²) in [5.74, 6) is 1.54. The van der Waals surface area contributed by atoms with E-state index in [4.69, 9.17) is 39.5 Å². The van der Waals surface area contributed by atoms with E-state index >= 15 is 0 Å². The van der Waals surface area contributed by atoms with Crippen LogP contribution in [0.4, 0.5) is 0 Å². The topological polar surface area (TPSA) is 64.9 Å². The van der Waals surface area contributed by atoms with Crippen LogP contribution in [0.1, 0.15) is 11.1 Å². The molecule has 4 rings (SSSR count). The molecule has 1 heterocycles. The average Bonchev–Trinajstić information content (AvgIpc) is 3.28. The van der Waals surface area contributed by atoms with Crippen molar-refractivity contribution in [3.8, 4) is 11.4 Å². The molecule has 0 aliphatic rings. The summed E-state index contributed by atoms with van der Waals surface area (Å²) in [5, 5.41) is 18.0. The number of hydrogen-bond donors (Lipinski definition) is 1. The zero-order chi connectivity index (χ0) is 23.0. The predicted molar refractivity (Wildman–Crippen MR) is 134 cm³/mol. The number of rotatable bonds is 10. The lowest BCUT2D eigenvalue weighted by molar-refractivity contribution is 0.302. The van der Waals surface area contributed by atoms with Crippen LogP contribution in [0.15, 0.2) is 71.9 Å². The molecule has 0 radical (unpaired) electrons. The molecule has 10 heteroatoms. The number of nitrogens with one attached hydrogen (secondary N) is 1. The summed E-state index contributed by atoms with van der Waals surface area (Å²) in [6.07, 6.45) is 0. The summed E-state index contributed by atoms with van der Waals surface area (Å²) in [5.41, 5.74) is 2.76. The first-order valence-electron chi connectivity index (χ1n) is 10.1. The summed E-state index contributed by atoms with van der Waals surface area (Å²) >= 11 is 20.0. The van der Waals surface area contributed by atoms with Crippen molar-refractivity contribution in [1.82, 2.24) is 25.5 Å². The van der Waals surface area contributed by atoms with Gasteiger partial charge in [0, 0.05) is 45.0 Å². The minimum Gasteiger partial charge on any atom is -0.489 e. The summed E-state index contributed by atoms with van der Waals surface area (Å²) < 4.78 is 7.75. The summed E-state index contributed by atoms with van der Waals surface area (Å²) in [7, 11) is 0. The van der Waals surface area contributed by atoms with E-state index in [1.165, 1.54) is 0 Å². The fourth-order valence-corrected chi connectivity index (χ4v) is 4.50. The molecule has 0 fully saturated rings. The minimum absolute atomic E-state index is 0.336. The molecular formula is C23H20Cl3N5OS. The Morgan fingerprint density at radius 3 is 2.52 bits per heavy atom. The highest BCUT2D eigenvalue weighted by molar-refractivity contribution is 7.99. The van der Waals surface area contributed by atoms with Crippen molar-refractivity contribution < 1.29 is 4.74 Å². The van der Waals surface area contributed by atoms with E-state index in [-0.39, 0.29) is 0 Å². The molecule has 1 aromatic heterocycles. The van der Waals surface area contributed by atoms with E-state index in [9.17, 15) is 0 Å².